The minimum Gasteiger partial charge on any atom is -0.497 e. The van der Waals surface area contributed by atoms with Crippen LogP contribution in [0.25, 0.3) is 11.1 Å². The molecule has 31 heavy (non-hydrogen) atoms. The van der Waals surface area contributed by atoms with Crippen molar-refractivity contribution in [3.8, 4) is 22.6 Å². The number of hydrogen-bond acceptors (Lipinski definition) is 5. The van der Waals surface area contributed by atoms with E-state index in [0.29, 0.717) is 11.5 Å². The van der Waals surface area contributed by atoms with Gasteiger partial charge in [0, 0.05) is 18.0 Å². The van der Waals surface area contributed by atoms with E-state index in [9.17, 15) is 13.2 Å². The third-order valence-corrected chi connectivity index (χ3v) is 5.89. The molecule has 1 N–H and O–H groups in total. The van der Waals surface area contributed by atoms with E-state index in [1.54, 1.807) is 43.5 Å². The van der Waals surface area contributed by atoms with E-state index in [1.165, 1.54) is 6.26 Å². The number of benzene rings is 3. The number of sulfone groups is 1. The summed E-state index contributed by atoms with van der Waals surface area (Å²) in [5.74, 6) is 0.764. The summed E-state index contributed by atoms with van der Waals surface area (Å²) in [6.45, 7) is 3.77. The summed E-state index contributed by atoms with van der Waals surface area (Å²) < 4.78 is 34.4. The molecule has 0 saturated heterocycles. The second kappa shape index (κ2) is 9.22. The van der Waals surface area contributed by atoms with Crippen LogP contribution in [0.5, 0.6) is 11.5 Å². The number of hydrogen-bond donors (Lipinski definition) is 1. The monoisotopic (exact) mass is 439 g/mol. The molecule has 0 atom stereocenters. The first kappa shape index (κ1) is 22.4. The van der Waals surface area contributed by atoms with Crippen LogP contribution in [-0.2, 0) is 14.6 Å². The minimum absolute atomic E-state index is 0.160. The fourth-order valence-corrected chi connectivity index (χ4v) is 3.75. The Hall–Kier alpha value is -3.32. The molecule has 0 aliphatic heterocycles. The number of carbonyl (C=O) groups is 1. The van der Waals surface area contributed by atoms with Crippen molar-refractivity contribution in [2.45, 2.75) is 18.7 Å². The molecule has 6 nitrogen and oxygen atoms in total. The van der Waals surface area contributed by atoms with Crippen molar-refractivity contribution in [3.63, 3.8) is 0 Å². The van der Waals surface area contributed by atoms with Crippen molar-refractivity contribution in [3.05, 3.63) is 71.8 Å². The zero-order chi connectivity index (χ0) is 22.6. The van der Waals surface area contributed by atoms with Gasteiger partial charge in [0.15, 0.2) is 16.4 Å². The van der Waals surface area contributed by atoms with Crippen molar-refractivity contribution in [1.29, 1.82) is 0 Å². The van der Waals surface area contributed by atoms with Gasteiger partial charge in [0.25, 0.3) is 5.91 Å². The van der Waals surface area contributed by atoms with Gasteiger partial charge < -0.3 is 14.8 Å². The molecule has 162 valence electrons. The molecule has 1 amide bonds. The molecule has 0 spiro atoms. The Kier molecular flexibility index (Phi) is 6.65. The number of methoxy groups -OCH3 is 1. The fraction of sp³-hybridized carbons (Fsp3) is 0.208. The molecule has 0 aliphatic carbocycles. The molecule has 0 bridgehead atoms. The Morgan fingerprint density at radius 1 is 0.903 bits per heavy atom. The maximum absolute atomic E-state index is 12.3. The van der Waals surface area contributed by atoms with Crippen molar-refractivity contribution in [2.24, 2.45) is 0 Å². The predicted octanol–water partition coefficient (Wildman–Crippen LogP) is 4.40. The molecule has 0 aliphatic rings. The van der Waals surface area contributed by atoms with E-state index < -0.39 is 9.84 Å². The second-order valence-corrected chi connectivity index (χ2v) is 9.36. The maximum atomic E-state index is 12.3. The molecule has 0 saturated carbocycles. The van der Waals surface area contributed by atoms with E-state index in [-0.39, 0.29) is 17.4 Å². The van der Waals surface area contributed by atoms with Crippen LogP contribution in [0.15, 0.2) is 65.6 Å². The Labute approximate surface area is 182 Å². The molecule has 3 rings (SSSR count). The van der Waals surface area contributed by atoms with E-state index in [1.807, 2.05) is 38.1 Å². The normalized spacial score (nSPS) is 11.1. The Balaban J connectivity index is 1.75. The van der Waals surface area contributed by atoms with Gasteiger partial charge in [-0.25, -0.2) is 8.42 Å². The summed E-state index contributed by atoms with van der Waals surface area (Å²) in [6, 6.07) is 17.7. The largest absolute Gasteiger partial charge is 0.497 e. The highest BCUT2D eigenvalue weighted by Gasteiger charge is 2.11. The van der Waals surface area contributed by atoms with Crippen LogP contribution in [0, 0.1) is 13.8 Å². The first-order chi connectivity index (χ1) is 14.7. The number of amides is 1. The predicted molar refractivity (Wildman–Crippen MR) is 122 cm³/mol. The summed E-state index contributed by atoms with van der Waals surface area (Å²) in [5, 5.41) is 2.85. The SMILES string of the molecule is COc1cc(OCC(=O)Nc2ccc(C)cc2C)cc(-c2ccc(S(C)(=O)=O)cc2)c1. The first-order valence-electron chi connectivity index (χ1n) is 9.65. The molecular formula is C24H25NO5S. The number of nitrogens with one attached hydrogen (secondary N) is 1. The van der Waals surface area contributed by atoms with Gasteiger partial charge in [-0.15, -0.1) is 0 Å². The van der Waals surface area contributed by atoms with Gasteiger partial charge in [0.05, 0.1) is 12.0 Å². The maximum Gasteiger partial charge on any atom is 0.262 e. The van der Waals surface area contributed by atoms with Crippen LogP contribution in [0.3, 0.4) is 0 Å². The van der Waals surface area contributed by atoms with Gasteiger partial charge in [-0.2, -0.15) is 0 Å². The van der Waals surface area contributed by atoms with Gasteiger partial charge >= 0.3 is 0 Å². The Morgan fingerprint density at radius 3 is 2.19 bits per heavy atom. The van der Waals surface area contributed by atoms with Gasteiger partial charge in [-0.3, -0.25) is 4.79 Å². The summed E-state index contributed by atoms with van der Waals surface area (Å²) >= 11 is 0. The van der Waals surface area contributed by atoms with Crippen molar-refractivity contribution < 1.29 is 22.7 Å². The van der Waals surface area contributed by atoms with Gasteiger partial charge in [-0.1, -0.05) is 29.8 Å². The highest BCUT2D eigenvalue weighted by molar-refractivity contribution is 7.90. The molecule has 3 aromatic rings. The topological polar surface area (TPSA) is 81.7 Å². The average molecular weight is 440 g/mol. The lowest BCUT2D eigenvalue weighted by Gasteiger charge is -2.12. The van der Waals surface area contributed by atoms with E-state index in [2.05, 4.69) is 5.32 Å². The number of carbonyl (C=O) groups excluding carboxylic acids is 1. The molecule has 3 aromatic carbocycles. The Morgan fingerprint density at radius 2 is 1.58 bits per heavy atom. The summed E-state index contributed by atoms with van der Waals surface area (Å²) in [6.07, 6.45) is 1.17. The highest BCUT2D eigenvalue weighted by atomic mass is 32.2. The summed E-state index contributed by atoms with van der Waals surface area (Å²) in [5.41, 5.74) is 4.44. The van der Waals surface area contributed by atoms with Crippen LogP contribution >= 0.6 is 0 Å². The van der Waals surface area contributed by atoms with Crippen molar-refractivity contribution >= 4 is 21.4 Å². The van der Waals surface area contributed by atoms with E-state index >= 15 is 0 Å². The van der Waals surface area contributed by atoms with Gasteiger partial charge in [0.1, 0.15) is 11.5 Å². The lowest BCUT2D eigenvalue weighted by Crippen LogP contribution is -2.20. The fourth-order valence-electron chi connectivity index (χ4n) is 3.12. The zero-order valence-electron chi connectivity index (χ0n) is 17.9. The lowest BCUT2D eigenvalue weighted by molar-refractivity contribution is -0.118. The third-order valence-electron chi connectivity index (χ3n) is 4.76. The van der Waals surface area contributed by atoms with Gasteiger partial charge in [-0.05, 0) is 60.9 Å². The van der Waals surface area contributed by atoms with Crippen LogP contribution in [0.1, 0.15) is 11.1 Å². The molecular weight excluding hydrogens is 414 g/mol. The lowest BCUT2D eigenvalue weighted by atomic mass is 10.1. The minimum atomic E-state index is -3.27. The number of aryl methyl sites for hydroxylation is 2. The molecule has 0 fully saturated rings. The van der Waals surface area contributed by atoms with Crippen LogP contribution in [-0.4, -0.2) is 34.3 Å². The molecule has 0 radical (unpaired) electrons. The average Bonchev–Trinajstić information content (AvgIpc) is 2.73. The van der Waals surface area contributed by atoms with E-state index in [0.717, 1.165) is 27.9 Å². The van der Waals surface area contributed by atoms with Crippen molar-refractivity contribution in [1.82, 2.24) is 0 Å². The van der Waals surface area contributed by atoms with Gasteiger partial charge in [0.2, 0.25) is 0 Å². The van der Waals surface area contributed by atoms with E-state index in [4.69, 9.17) is 9.47 Å². The molecule has 0 aromatic heterocycles. The van der Waals surface area contributed by atoms with Crippen LogP contribution in [0.2, 0.25) is 0 Å². The van der Waals surface area contributed by atoms with Crippen LogP contribution < -0.4 is 14.8 Å². The second-order valence-electron chi connectivity index (χ2n) is 7.35. The Bertz CT molecular complexity index is 1200. The highest BCUT2D eigenvalue weighted by Crippen LogP contribution is 2.30. The molecule has 0 heterocycles. The number of rotatable bonds is 7. The quantitative estimate of drug-likeness (QED) is 0.590. The third kappa shape index (κ3) is 5.86. The zero-order valence-corrected chi connectivity index (χ0v) is 18.7. The summed E-state index contributed by atoms with van der Waals surface area (Å²) in [7, 11) is -1.72. The smallest absolute Gasteiger partial charge is 0.262 e. The first-order valence-corrected chi connectivity index (χ1v) is 11.5. The standard InChI is InChI=1S/C24H25NO5S/c1-16-5-10-23(17(2)11-16)25-24(26)15-30-21-13-19(12-20(14-21)29-3)18-6-8-22(9-7-18)31(4,27)28/h5-14H,15H2,1-4H3,(H,25,26). The number of anilines is 1. The van der Waals surface area contributed by atoms with Crippen LogP contribution in [0.4, 0.5) is 5.69 Å². The molecule has 0 unspecified atom stereocenters. The molecule has 7 heteroatoms. The number of ether oxygens (including phenoxy) is 2. The summed E-state index contributed by atoms with van der Waals surface area (Å²) in [4.78, 5) is 12.6. The van der Waals surface area contributed by atoms with Crippen molar-refractivity contribution in [2.75, 3.05) is 25.3 Å².